The van der Waals surface area contributed by atoms with E-state index in [0.29, 0.717) is 11.4 Å². The van der Waals surface area contributed by atoms with Crippen LogP contribution in [0.3, 0.4) is 0 Å². The van der Waals surface area contributed by atoms with Crippen LogP contribution in [0.4, 0.5) is 5.82 Å². The average molecular weight is 354 g/mol. The van der Waals surface area contributed by atoms with Gasteiger partial charge in [0.25, 0.3) is 5.91 Å². The van der Waals surface area contributed by atoms with Crippen molar-refractivity contribution in [2.24, 2.45) is 0 Å². The monoisotopic (exact) mass is 353 g/mol. The van der Waals surface area contributed by atoms with Crippen LogP contribution in [0.2, 0.25) is 0 Å². The zero-order valence-electron chi connectivity index (χ0n) is 11.3. The highest BCUT2D eigenvalue weighted by atomic mass is 79.9. The molecule has 1 amide bonds. The van der Waals surface area contributed by atoms with Crippen LogP contribution in [0.5, 0.6) is 0 Å². The predicted octanol–water partition coefficient (Wildman–Crippen LogP) is 3.83. The van der Waals surface area contributed by atoms with Crippen molar-refractivity contribution < 1.29 is 4.79 Å². The van der Waals surface area contributed by atoms with Gasteiger partial charge in [-0.2, -0.15) is 0 Å². The Morgan fingerprint density at radius 3 is 3.00 bits per heavy atom. The molecule has 0 aliphatic rings. The molecule has 2 N–H and O–H groups in total. The van der Waals surface area contributed by atoms with Crippen LogP contribution >= 0.6 is 27.3 Å². The predicted molar refractivity (Wildman–Crippen MR) is 86.3 cm³/mol. The topological polar surface area (TPSA) is 54.0 Å². The second-order valence-electron chi connectivity index (χ2n) is 4.29. The molecule has 0 bridgehead atoms. The van der Waals surface area contributed by atoms with Gasteiger partial charge in [0.15, 0.2) is 0 Å². The van der Waals surface area contributed by atoms with Gasteiger partial charge in [0.05, 0.1) is 11.6 Å². The molecule has 4 nitrogen and oxygen atoms in total. The van der Waals surface area contributed by atoms with Gasteiger partial charge < -0.3 is 10.6 Å². The number of aromatic nitrogens is 1. The fourth-order valence-electron chi connectivity index (χ4n) is 1.80. The highest BCUT2D eigenvalue weighted by Gasteiger charge is 2.16. The molecule has 6 heteroatoms. The van der Waals surface area contributed by atoms with Gasteiger partial charge in [-0.25, -0.2) is 4.98 Å². The molecule has 1 atom stereocenters. The Morgan fingerprint density at radius 1 is 1.55 bits per heavy atom. The SMILES string of the molecule is CCNc1ncc(Br)cc1C(=O)NC(C)c1cccs1. The number of hydrogen-bond acceptors (Lipinski definition) is 4. The van der Waals surface area contributed by atoms with Gasteiger partial charge in [-0.3, -0.25) is 4.79 Å². The lowest BCUT2D eigenvalue weighted by molar-refractivity contribution is 0.0941. The molecule has 0 aliphatic carbocycles. The van der Waals surface area contributed by atoms with Crippen molar-refractivity contribution in [1.29, 1.82) is 0 Å². The van der Waals surface area contributed by atoms with Crippen LogP contribution < -0.4 is 10.6 Å². The highest BCUT2D eigenvalue weighted by molar-refractivity contribution is 9.10. The summed E-state index contributed by atoms with van der Waals surface area (Å²) in [6.45, 7) is 4.66. The van der Waals surface area contributed by atoms with E-state index in [1.807, 2.05) is 31.4 Å². The van der Waals surface area contributed by atoms with Crippen molar-refractivity contribution in [3.63, 3.8) is 0 Å². The molecule has 106 valence electrons. The number of amides is 1. The van der Waals surface area contributed by atoms with E-state index >= 15 is 0 Å². The molecular weight excluding hydrogens is 338 g/mol. The third-order valence-corrected chi connectivity index (χ3v) is 4.25. The minimum Gasteiger partial charge on any atom is -0.370 e. The molecule has 2 aromatic rings. The molecule has 0 radical (unpaired) electrons. The molecule has 1 unspecified atom stereocenters. The number of carbonyl (C=O) groups excluding carboxylic acids is 1. The molecule has 20 heavy (non-hydrogen) atoms. The van der Waals surface area contributed by atoms with E-state index in [0.717, 1.165) is 15.9 Å². The number of thiophene rings is 1. The first-order valence-corrected chi connectivity index (χ1v) is 8.02. The summed E-state index contributed by atoms with van der Waals surface area (Å²) >= 11 is 4.98. The number of hydrogen-bond donors (Lipinski definition) is 2. The first-order valence-electron chi connectivity index (χ1n) is 6.35. The largest absolute Gasteiger partial charge is 0.370 e. The molecule has 0 saturated carbocycles. The Hall–Kier alpha value is -1.40. The smallest absolute Gasteiger partial charge is 0.255 e. The van der Waals surface area contributed by atoms with E-state index in [2.05, 4.69) is 31.5 Å². The van der Waals surface area contributed by atoms with Crippen molar-refractivity contribution in [3.8, 4) is 0 Å². The number of halogens is 1. The van der Waals surface area contributed by atoms with Crippen molar-refractivity contribution in [2.45, 2.75) is 19.9 Å². The summed E-state index contributed by atoms with van der Waals surface area (Å²) in [7, 11) is 0. The van der Waals surface area contributed by atoms with Gasteiger partial charge in [0.2, 0.25) is 0 Å². The highest BCUT2D eigenvalue weighted by Crippen LogP contribution is 2.21. The number of nitrogens with one attached hydrogen (secondary N) is 2. The lowest BCUT2D eigenvalue weighted by Gasteiger charge is -2.14. The maximum absolute atomic E-state index is 12.4. The summed E-state index contributed by atoms with van der Waals surface area (Å²) in [5, 5.41) is 8.10. The maximum Gasteiger partial charge on any atom is 0.255 e. The van der Waals surface area contributed by atoms with E-state index in [4.69, 9.17) is 0 Å². The van der Waals surface area contributed by atoms with Gasteiger partial charge in [-0.05, 0) is 47.3 Å². The summed E-state index contributed by atoms with van der Waals surface area (Å²) in [4.78, 5) is 17.8. The Balaban J connectivity index is 2.18. The van der Waals surface area contributed by atoms with Crippen LogP contribution in [0, 0.1) is 0 Å². The summed E-state index contributed by atoms with van der Waals surface area (Å²) < 4.78 is 0.785. The molecule has 2 rings (SSSR count). The Bertz CT molecular complexity index is 586. The first kappa shape index (κ1) is 15.0. The number of anilines is 1. The van der Waals surface area contributed by atoms with Crippen LogP contribution in [-0.4, -0.2) is 17.4 Å². The molecule has 0 spiro atoms. The molecule has 2 aromatic heterocycles. The van der Waals surface area contributed by atoms with E-state index in [9.17, 15) is 4.79 Å². The molecule has 0 saturated heterocycles. The summed E-state index contributed by atoms with van der Waals surface area (Å²) in [6.07, 6.45) is 1.68. The molecule has 0 fully saturated rings. The van der Waals surface area contributed by atoms with Crippen LogP contribution in [0.25, 0.3) is 0 Å². The van der Waals surface area contributed by atoms with Gasteiger partial charge >= 0.3 is 0 Å². The second-order valence-corrected chi connectivity index (χ2v) is 6.19. The van der Waals surface area contributed by atoms with Crippen LogP contribution in [-0.2, 0) is 0 Å². The second kappa shape index (κ2) is 6.85. The third-order valence-electron chi connectivity index (χ3n) is 2.76. The minimum atomic E-state index is -0.129. The molecule has 0 aromatic carbocycles. The molecule has 0 aliphatic heterocycles. The first-order chi connectivity index (χ1) is 9.61. The molecule has 2 heterocycles. The summed E-state index contributed by atoms with van der Waals surface area (Å²) in [6, 6.07) is 5.76. The number of rotatable bonds is 5. The van der Waals surface area contributed by atoms with Crippen molar-refractivity contribution in [2.75, 3.05) is 11.9 Å². The zero-order valence-corrected chi connectivity index (χ0v) is 13.7. The number of nitrogens with zero attached hydrogens (tertiary/aromatic N) is 1. The summed E-state index contributed by atoms with van der Waals surface area (Å²) in [5.74, 6) is 0.474. The van der Waals surface area contributed by atoms with E-state index in [-0.39, 0.29) is 11.9 Å². The van der Waals surface area contributed by atoms with Gasteiger partial charge in [-0.1, -0.05) is 6.07 Å². The Labute approximate surface area is 130 Å². The fourth-order valence-corrected chi connectivity index (χ4v) is 2.87. The Morgan fingerprint density at radius 2 is 2.35 bits per heavy atom. The minimum absolute atomic E-state index is 0.0176. The van der Waals surface area contributed by atoms with Gasteiger partial charge in [0.1, 0.15) is 5.82 Å². The maximum atomic E-state index is 12.4. The molecular formula is C14H16BrN3OS. The van der Waals surface area contributed by atoms with Crippen molar-refractivity contribution in [1.82, 2.24) is 10.3 Å². The Kier molecular flexibility index (Phi) is 5.14. The van der Waals surface area contributed by atoms with E-state index in [1.165, 1.54) is 0 Å². The third kappa shape index (κ3) is 3.58. The van der Waals surface area contributed by atoms with E-state index < -0.39 is 0 Å². The van der Waals surface area contributed by atoms with Crippen LogP contribution in [0.15, 0.2) is 34.2 Å². The summed E-state index contributed by atoms with van der Waals surface area (Å²) in [5.41, 5.74) is 0.546. The fraction of sp³-hybridized carbons (Fsp3) is 0.286. The van der Waals surface area contributed by atoms with Crippen LogP contribution in [0.1, 0.15) is 35.1 Å². The zero-order chi connectivity index (χ0) is 14.5. The number of carbonyl (C=O) groups is 1. The lowest BCUT2D eigenvalue weighted by Crippen LogP contribution is -2.27. The standard InChI is InChI=1S/C14H16BrN3OS/c1-3-16-13-11(7-10(15)8-17-13)14(19)18-9(2)12-5-4-6-20-12/h4-9H,3H2,1-2H3,(H,16,17)(H,18,19). The van der Waals surface area contributed by atoms with Crippen molar-refractivity contribution >= 4 is 39.0 Å². The van der Waals surface area contributed by atoms with E-state index in [1.54, 1.807) is 23.6 Å². The lowest BCUT2D eigenvalue weighted by atomic mass is 10.2. The number of pyridine rings is 1. The van der Waals surface area contributed by atoms with Gasteiger partial charge in [0, 0.05) is 22.1 Å². The van der Waals surface area contributed by atoms with Gasteiger partial charge in [-0.15, -0.1) is 11.3 Å². The van der Waals surface area contributed by atoms with Crippen molar-refractivity contribution in [3.05, 3.63) is 44.7 Å². The quantitative estimate of drug-likeness (QED) is 0.858. The normalized spacial score (nSPS) is 11.9. The average Bonchev–Trinajstić information content (AvgIpc) is 2.95.